The van der Waals surface area contributed by atoms with E-state index in [4.69, 9.17) is 0 Å². The van der Waals surface area contributed by atoms with Gasteiger partial charge in [0.25, 0.3) is 5.91 Å². The Kier molecular flexibility index (Phi) is 4.23. The number of carbonyl (C=O) groups is 2. The molecule has 1 saturated heterocycles. The van der Waals surface area contributed by atoms with Crippen LogP contribution in [-0.2, 0) is 4.79 Å². The standard InChI is InChI=1S/C16H20N2O2/c1-4-12-8-15(19)18(10-12)14-9-13(7-6-11(14)3)16(20)17-5-2/h4,6-7,9,12H,1,5,8,10H2,2-3H3,(H,17,20). The Labute approximate surface area is 119 Å². The number of hydrogen-bond acceptors (Lipinski definition) is 2. The van der Waals surface area contributed by atoms with E-state index < -0.39 is 0 Å². The maximum Gasteiger partial charge on any atom is 0.251 e. The van der Waals surface area contributed by atoms with Gasteiger partial charge in [0.2, 0.25) is 5.91 Å². The molecule has 0 saturated carbocycles. The highest BCUT2D eigenvalue weighted by atomic mass is 16.2. The van der Waals surface area contributed by atoms with Crippen LogP contribution in [0.25, 0.3) is 0 Å². The van der Waals surface area contributed by atoms with Crippen LogP contribution in [0.5, 0.6) is 0 Å². The Hall–Kier alpha value is -2.10. The first-order valence-electron chi connectivity index (χ1n) is 6.88. The lowest BCUT2D eigenvalue weighted by atomic mass is 10.1. The van der Waals surface area contributed by atoms with Crippen LogP contribution < -0.4 is 10.2 Å². The van der Waals surface area contributed by atoms with Crippen molar-refractivity contribution in [1.29, 1.82) is 0 Å². The molecule has 1 aromatic carbocycles. The van der Waals surface area contributed by atoms with Crippen LogP contribution in [0.2, 0.25) is 0 Å². The second-order valence-electron chi connectivity index (χ2n) is 5.06. The van der Waals surface area contributed by atoms with E-state index in [2.05, 4.69) is 11.9 Å². The maximum absolute atomic E-state index is 12.1. The summed E-state index contributed by atoms with van der Waals surface area (Å²) in [4.78, 5) is 25.7. The summed E-state index contributed by atoms with van der Waals surface area (Å²) in [5.74, 6) is 0.168. The van der Waals surface area contributed by atoms with Crippen LogP contribution in [-0.4, -0.2) is 24.9 Å². The summed E-state index contributed by atoms with van der Waals surface area (Å²) in [5.41, 5.74) is 2.40. The van der Waals surface area contributed by atoms with E-state index in [0.29, 0.717) is 25.1 Å². The third kappa shape index (κ3) is 2.74. The number of hydrogen-bond donors (Lipinski definition) is 1. The summed E-state index contributed by atoms with van der Waals surface area (Å²) in [6, 6.07) is 5.47. The van der Waals surface area contributed by atoms with Gasteiger partial charge in [0.05, 0.1) is 0 Å². The number of anilines is 1. The second-order valence-corrected chi connectivity index (χ2v) is 5.06. The molecular weight excluding hydrogens is 252 g/mol. The predicted octanol–water partition coefficient (Wildman–Crippen LogP) is 2.28. The van der Waals surface area contributed by atoms with Crippen molar-refractivity contribution >= 4 is 17.5 Å². The lowest BCUT2D eigenvalue weighted by Crippen LogP contribution is -2.27. The molecule has 4 nitrogen and oxygen atoms in total. The fourth-order valence-electron chi connectivity index (χ4n) is 2.43. The average molecular weight is 272 g/mol. The molecule has 1 aliphatic heterocycles. The van der Waals surface area contributed by atoms with Crippen LogP contribution >= 0.6 is 0 Å². The zero-order valence-electron chi connectivity index (χ0n) is 12.0. The number of benzene rings is 1. The smallest absolute Gasteiger partial charge is 0.251 e. The molecule has 0 aromatic heterocycles. The Morgan fingerprint density at radius 1 is 1.55 bits per heavy atom. The van der Waals surface area contributed by atoms with Gasteiger partial charge in [-0.3, -0.25) is 9.59 Å². The van der Waals surface area contributed by atoms with E-state index in [1.165, 1.54) is 0 Å². The molecule has 0 bridgehead atoms. The number of nitrogens with one attached hydrogen (secondary N) is 1. The largest absolute Gasteiger partial charge is 0.352 e. The topological polar surface area (TPSA) is 49.4 Å². The first-order chi connectivity index (χ1) is 9.56. The molecule has 0 radical (unpaired) electrons. The molecule has 106 valence electrons. The van der Waals surface area contributed by atoms with Crippen LogP contribution in [0.1, 0.15) is 29.3 Å². The first-order valence-corrected chi connectivity index (χ1v) is 6.88. The van der Waals surface area contributed by atoms with Gasteiger partial charge in [-0.15, -0.1) is 6.58 Å². The Balaban J connectivity index is 2.31. The van der Waals surface area contributed by atoms with E-state index in [9.17, 15) is 9.59 Å². The highest BCUT2D eigenvalue weighted by Crippen LogP contribution is 2.29. The number of rotatable bonds is 4. The monoisotopic (exact) mass is 272 g/mol. The van der Waals surface area contributed by atoms with Gasteiger partial charge >= 0.3 is 0 Å². The summed E-state index contributed by atoms with van der Waals surface area (Å²) in [5, 5.41) is 2.77. The summed E-state index contributed by atoms with van der Waals surface area (Å²) in [7, 11) is 0. The van der Waals surface area contributed by atoms with E-state index in [0.717, 1.165) is 11.3 Å². The Morgan fingerprint density at radius 3 is 2.90 bits per heavy atom. The fraction of sp³-hybridized carbons (Fsp3) is 0.375. The molecule has 1 fully saturated rings. The number of amides is 2. The third-order valence-corrected chi connectivity index (χ3v) is 3.59. The minimum absolute atomic E-state index is 0.0889. The molecule has 0 spiro atoms. The van der Waals surface area contributed by atoms with Crippen molar-refractivity contribution in [1.82, 2.24) is 5.32 Å². The van der Waals surface area contributed by atoms with Crippen molar-refractivity contribution in [3.63, 3.8) is 0 Å². The van der Waals surface area contributed by atoms with E-state index in [1.54, 1.807) is 17.0 Å². The van der Waals surface area contributed by atoms with Gasteiger partial charge in [-0.1, -0.05) is 12.1 Å². The van der Waals surface area contributed by atoms with Gasteiger partial charge in [0.1, 0.15) is 0 Å². The minimum atomic E-state index is -0.110. The van der Waals surface area contributed by atoms with Crippen LogP contribution in [0.15, 0.2) is 30.9 Å². The lowest BCUT2D eigenvalue weighted by molar-refractivity contribution is -0.117. The molecule has 1 unspecified atom stereocenters. The molecule has 1 atom stereocenters. The molecule has 1 heterocycles. The molecule has 0 aliphatic carbocycles. The van der Waals surface area contributed by atoms with Gasteiger partial charge in [-0.25, -0.2) is 0 Å². The van der Waals surface area contributed by atoms with Crippen molar-refractivity contribution < 1.29 is 9.59 Å². The molecule has 2 amide bonds. The predicted molar refractivity (Wildman–Crippen MR) is 79.8 cm³/mol. The van der Waals surface area contributed by atoms with Crippen LogP contribution in [0.3, 0.4) is 0 Å². The third-order valence-electron chi connectivity index (χ3n) is 3.59. The van der Waals surface area contributed by atoms with Crippen molar-refractivity contribution in [2.45, 2.75) is 20.3 Å². The quantitative estimate of drug-likeness (QED) is 0.855. The van der Waals surface area contributed by atoms with Crippen molar-refractivity contribution in [2.24, 2.45) is 5.92 Å². The summed E-state index contributed by atoms with van der Waals surface area (Å²) < 4.78 is 0. The second kappa shape index (κ2) is 5.90. The summed E-state index contributed by atoms with van der Waals surface area (Å²) >= 11 is 0. The zero-order valence-corrected chi connectivity index (χ0v) is 12.0. The van der Waals surface area contributed by atoms with Gasteiger partial charge in [0, 0.05) is 36.7 Å². The van der Waals surface area contributed by atoms with Gasteiger partial charge in [-0.05, 0) is 31.5 Å². The summed E-state index contributed by atoms with van der Waals surface area (Å²) in [6.07, 6.45) is 2.31. The zero-order chi connectivity index (χ0) is 14.7. The van der Waals surface area contributed by atoms with Crippen LogP contribution in [0.4, 0.5) is 5.69 Å². The number of nitrogens with zero attached hydrogens (tertiary/aromatic N) is 1. The minimum Gasteiger partial charge on any atom is -0.352 e. The highest BCUT2D eigenvalue weighted by Gasteiger charge is 2.29. The average Bonchev–Trinajstić information content (AvgIpc) is 2.81. The number of carbonyl (C=O) groups excluding carboxylic acids is 2. The molecule has 1 aliphatic rings. The molecule has 20 heavy (non-hydrogen) atoms. The lowest BCUT2D eigenvalue weighted by Gasteiger charge is -2.19. The van der Waals surface area contributed by atoms with Gasteiger partial charge < -0.3 is 10.2 Å². The fourth-order valence-corrected chi connectivity index (χ4v) is 2.43. The van der Waals surface area contributed by atoms with E-state index in [-0.39, 0.29) is 17.7 Å². The summed E-state index contributed by atoms with van der Waals surface area (Å²) in [6.45, 7) is 8.81. The normalized spacial score (nSPS) is 18.2. The highest BCUT2D eigenvalue weighted by molar-refractivity contribution is 6.00. The van der Waals surface area contributed by atoms with Gasteiger partial charge in [-0.2, -0.15) is 0 Å². The molecule has 1 N–H and O–H groups in total. The Bertz CT molecular complexity index is 551. The van der Waals surface area contributed by atoms with E-state index in [1.807, 2.05) is 26.0 Å². The van der Waals surface area contributed by atoms with Gasteiger partial charge in [0.15, 0.2) is 0 Å². The van der Waals surface area contributed by atoms with Crippen molar-refractivity contribution in [3.05, 3.63) is 42.0 Å². The molecule has 2 rings (SSSR count). The number of aryl methyl sites for hydroxylation is 1. The SMILES string of the molecule is C=CC1CC(=O)N(c2cc(C(=O)NCC)ccc2C)C1. The van der Waals surface area contributed by atoms with Crippen molar-refractivity contribution in [2.75, 3.05) is 18.0 Å². The molecule has 4 heteroatoms. The maximum atomic E-state index is 12.1. The molecular formula is C16H20N2O2. The first kappa shape index (κ1) is 14.3. The Morgan fingerprint density at radius 2 is 2.30 bits per heavy atom. The van der Waals surface area contributed by atoms with Crippen LogP contribution in [0, 0.1) is 12.8 Å². The van der Waals surface area contributed by atoms with E-state index >= 15 is 0 Å². The molecule has 1 aromatic rings. The van der Waals surface area contributed by atoms with Crippen molar-refractivity contribution in [3.8, 4) is 0 Å².